The fourth-order valence-electron chi connectivity index (χ4n) is 1.20. The summed E-state index contributed by atoms with van der Waals surface area (Å²) >= 11 is 0. The van der Waals surface area contributed by atoms with Crippen molar-refractivity contribution in [1.29, 1.82) is 0 Å². The van der Waals surface area contributed by atoms with Crippen LogP contribution in [0.2, 0.25) is 5.31 Å². The molecule has 5 heteroatoms. The zero-order valence-electron chi connectivity index (χ0n) is 9.70. The van der Waals surface area contributed by atoms with E-state index >= 15 is 0 Å². The van der Waals surface area contributed by atoms with Crippen LogP contribution in [0.25, 0.3) is 0 Å². The average molecular weight is 212 g/mol. The smallest absolute Gasteiger partial charge is 0.302 e. The molecular formula is C10H17BO4. The van der Waals surface area contributed by atoms with Crippen LogP contribution >= 0.6 is 0 Å². The minimum absolute atomic E-state index is 0.183. The quantitative estimate of drug-likeness (QED) is 0.518. The third-order valence-electron chi connectivity index (χ3n) is 1.99. The molecule has 15 heavy (non-hydrogen) atoms. The molecule has 1 aliphatic rings. The first kappa shape index (κ1) is 12.5. The highest BCUT2D eigenvalue weighted by Crippen LogP contribution is 2.24. The van der Waals surface area contributed by atoms with Gasteiger partial charge in [0, 0.05) is 5.31 Å². The van der Waals surface area contributed by atoms with Crippen LogP contribution in [-0.4, -0.2) is 38.9 Å². The first-order chi connectivity index (χ1) is 6.71. The minimum Gasteiger partial charge on any atom is -0.463 e. The highest BCUT2D eigenvalue weighted by molar-refractivity contribution is 6.26. The Morgan fingerprint density at radius 3 is 2.60 bits per heavy atom. The lowest BCUT2D eigenvalue weighted by Crippen LogP contribution is -2.28. The van der Waals surface area contributed by atoms with Crippen LogP contribution in [0.5, 0.6) is 0 Å². The largest absolute Gasteiger partial charge is 0.463 e. The summed E-state index contributed by atoms with van der Waals surface area (Å²) in [7, 11) is 5.57. The number of hydrogen-bond donors (Lipinski definition) is 0. The van der Waals surface area contributed by atoms with Crippen LogP contribution in [0, 0.1) is 0 Å². The third-order valence-corrected chi connectivity index (χ3v) is 1.99. The molecule has 1 atom stereocenters. The lowest BCUT2D eigenvalue weighted by Gasteiger charge is -2.20. The molecule has 0 aromatic rings. The Kier molecular flexibility index (Phi) is 3.46. The summed E-state index contributed by atoms with van der Waals surface area (Å²) < 4.78 is 15.8. The first-order valence-electron chi connectivity index (χ1n) is 4.98. The molecule has 1 unspecified atom stereocenters. The second kappa shape index (κ2) is 4.14. The summed E-state index contributed by atoms with van der Waals surface area (Å²) in [6.07, 6.45) is -0.203. The third kappa shape index (κ3) is 3.84. The summed E-state index contributed by atoms with van der Waals surface area (Å²) in [6, 6.07) is 0. The zero-order valence-corrected chi connectivity index (χ0v) is 9.70. The van der Waals surface area contributed by atoms with E-state index in [1.165, 1.54) is 0 Å². The first-order valence-corrected chi connectivity index (χ1v) is 4.98. The van der Waals surface area contributed by atoms with Gasteiger partial charge in [-0.15, -0.1) is 0 Å². The van der Waals surface area contributed by atoms with E-state index in [1.807, 2.05) is 13.8 Å². The van der Waals surface area contributed by atoms with E-state index in [1.54, 1.807) is 13.8 Å². The highest BCUT2D eigenvalue weighted by Gasteiger charge is 2.34. The van der Waals surface area contributed by atoms with Crippen molar-refractivity contribution < 1.29 is 19.0 Å². The highest BCUT2D eigenvalue weighted by atomic mass is 16.7. The lowest BCUT2D eigenvalue weighted by atomic mass is 9.73. The summed E-state index contributed by atoms with van der Waals surface area (Å²) in [4.78, 5) is 11.3. The standard InChI is InChI=1S/C10H17BO4/c1-9(2,11)8(12)13-5-7-6-14-10(3,4)15-7/h7H,5-6H2,1-4H3. The lowest BCUT2D eigenvalue weighted by molar-refractivity contribution is -0.160. The van der Waals surface area contributed by atoms with Gasteiger partial charge in [-0.1, -0.05) is 13.8 Å². The fourth-order valence-corrected chi connectivity index (χ4v) is 1.20. The Labute approximate surface area is 91.7 Å². The van der Waals surface area contributed by atoms with E-state index in [0.29, 0.717) is 6.61 Å². The predicted molar refractivity (Wildman–Crippen MR) is 55.7 cm³/mol. The van der Waals surface area contributed by atoms with Gasteiger partial charge < -0.3 is 14.2 Å². The van der Waals surface area contributed by atoms with Crippen molar-refractivity contribution in [2.45, 2.75) is 44.9 Å². The Balaban J connectivity index is 2.31. The molecule has 1 heterocycles. The fraction of sp³-hybridized carbons (Fsp3) is 0.900. The Bertz CT molecular complexity index is 244. The second-order valence-corrected chi connectivity index (χ2v) is 4.77. The van der Waals surface area contributed by atoms with Crippen molar-refractivity contribution in [3.05, 3.63) is 0 Å². The molecule has 0 spiro atoms. The molecule has 1 aliphatic heterocycles. The molecule has 1 rings (SSSR count). The SMILES string of the molecule is [B]C(C)(C)C(=O)OCC1COC(C)(C)O1. The van der Waals surface area contributed by atoms with Gasteiger partial charge in [0.25, 0.3) is 0 Å². The van der Waals surface area contributed by atoms with Crippen molar-refractivity contribution >= 4 is 13.8 Å². The van der Waals surface area contributed by atoms with E-state index in [0.717, 1.165) is 0 Å². The van der Waals surface area contributed by atoms with Gasteiger partial charge in [-0.25, -0.2) is 0 Å². The molecule has 2 radical (unpaired) electrons. The summed E-state index contributed by atoms with van der Waals surface area (Å²) in [6.45, 7) is 7.47. The van der Waals surface area contributed by atoms with Crippen molar-refractivity contribution in [3.63, 3.8) is 0 Å². The monoisotopic (exact) mass is 212 g/mol. The molecule has 0 bridgehead atoms. The maximum Gasteiger partial charge on any atom is 0.302 e. The van der Waals surface area contributed by atoms with Crippen LogP contribution in [0.3, 0.4) is 0 Å². The van der Waals surface area contributed by atoms with E-state index in [9.17, 15) is 4.79 Å². The normalized spacial score (nSPS) is 25.2. The molecule has 0 aromatic heterocycles. The molecule has 84 valence electrons. The maximum atomic E-state index is 11.3. The molecule has 4 nitrogen and oxygen atoms in total. The number of rotatable bonds is 3. The molecule has 0 N–H and O–H groups in total. The number of ether oxygens (including phenoxy) is 3. The second-order valence-electron chi connectivity index (χ2n) is 4.77. The topological polar surface area (TPSA) is 44.8 Å². The summed E-state index contributed by atoms with van der Waals surface area (Å²) in [5.41, 5.74) is 0. The Morgan fingerprint density at radius 1 is 1.60 bits per heavy atom. The van der Waals surface area contributed by atoms with Crippen LogP contribution in [0.15, 0.2) is 0 Å². The molecule has 0 saturated carbocycles. The number of hydrogen-bond acceptors (Lipinski definition) is 4. The predicted octanol–water partition coefficient (Wildman–Crippen LogP) is 1.05. The van der Waals surface area contributed by atoms with E-state index < -0.39 is 17.1 Å². The molecule has 1 saturated heterocycles. The van der Waals surface area contributed by atoms with Crippen LogP contribution in [0.4, 0.5) is 0 Å². The van der Waals surface area contributed by atoms with Crippen LogP contribution < -0.4 is 0 Å². The van der Waals surface area contributed by atoms with Crippen molar-refractivity contribution in [2.24, 2.45) is 0 Å². The average Bonchev–Trinajstić information content (AvgIpc) is 2.39. The molecule has 1 fully saturated rings. The van der Waals surface area contributed by atoms with Crippen molar-refractivity contribution in [1.82, 2.24) is 0 Å². The van der Waals surface area contributed by atoms with Crippen molar-refractivity contribution in [2.75, 3.05) is 13.2 Å². The number of carbonyl (C=O) groups excluding carboxylic acids is 1. The van der Waals surface area contributed by atoms with Gasteiger partial charge in [-0.05, 0) is 13.8 Å². The summed E-state index contributed by atoms with van der Waals surface area (Å²) in [5.74, 6) is -1.02. The van der Waals surface area contributed by atoms with Gasteiger partial charge in [0.15, 0.2) is 5.79 Å². The van der Waals surface area contributed by atoms with Gasteiger partial charge in [-0.3, -0.25) is 4.79 Å². The minimum atomic E-state index is -0.963. The van der Waals surface area contributed by atoms with Gasteiger partial charge in [0.2, 0.25) is 0 Å². The zero-order chi connectivity index (χ0) is 11.7. The molecule has 0 aliphatic carbocycles. The molecule has 0 aromatic carbocycles. The maximum absolute atomic E-state index is 11.3. The van der Waals surface area contributed by atoms with Gasteiger partial charge >= 0.3 is 5.97 Å². The Morgan fingerprint density at radius 2 is 2.20 bits per heavy atom. The molecule has 0 amide bonds. The number of esters is 1. The Hall–Kier alpha value is -0.545. The van der Waals surface area contributed by atoms with Gasteiger partial charge in [0.05, 0.1) is 14.5 Å². The van der Waals surface area contributed by atoms with Crippen LogP contribution in [-0.2, 0) is 19.0 Å². The van der Waals surface area contributed by atoms with Crippen LogP contribution in [0.1, 0.15) is 27.7 Å². The van der Waals surface area contributed by atoms with E-state index in [2.05, 4.69) is 0 Å². The molecular weight excluding hydrogens is 195 g/mol. The van der Waals surface area contributed by atoms with Gasteiger partial charge in [0.1, 0.15) is 12.7 Å². The van der Waals surface area contributed by atoms with Crippen molar-refractivity contribution in [3.8, 4) is 0 Å². The van der Waals surface area contributed by atoms with E-state index in [4.69, 9.17) is 22.1 Å². The summed E-state index contributed by atoms with van der Waals surface area (Å²) in [5, 5.41) is -0.963. The van der Waals surface area contributed by atoms with Gasteiger partial charge in [-0.2, -0.15) is 0 Å². The number of carbonyl (C=O) groups is 1. The van der Waals surface area contributed by atoms with E-state index in [-0.39, 0.29) is 12.7 Å².